The number of nitrogen functional groups attached to an aromatic ring is 2. The van der Waals surface area contributed by atoms with Crippen molar-refractivity contribution >= 4 is 62.7 Å². The van der Waals surface area contributed by atoms with Crippen LogP contribution in [0.25, 0.3) is 0 Å². The Bertz CT molecular complexity index is 1910. The second-order valence-corrected chi connectivity index (χ2v) is 17.0. The number of amides is 2. The number of hydrogen-bond acceptors (Lipinski definition) is 11. The molecule has 0 bridgehead atoms. The van der Waals surface area contributed by atoms with Crippen molar-refractivity contribution in [3.8, 4) is 0 Å². The quantitative estimate of drug-likeness (QED) is 0.0169. The van der Waals surface area contributed by atoms with Crippen molar-refractivity contribution < 1.29 is 31.1 Å². The van der Waals surface area contributed by atoms with E-state index >= 15 is 0 Å². The average Bonchev–Trinajstić information content (AvgIpc) is 4.09. The van der Waals surface area contributed by atoms with Crippen LogP contribution in [0, 0.1) is 0 Å². The monoisotopic (exact) mass is 1050 g/mol. The summed E-state index contributed by atoms with van der Waals surface area (Å²) in [6.07, 6.45) is 32.1. The molecule has 0 spiro atoms. The van der Waals surface area contributed by atoms with Gasteiger partial charge in [0.15, 0.2) is 11.5 Å². The highest BCUT2D eigenvalue weighted by Gasteiger charge is 2.18. The summed E-state index contributed by atoms with van der Waals surface area (Å²) in [6, 6.07) is 0. The first kappa shape index (κ1) is 59.6. The van der Waals surface area contributed by atoms with Crippen LogP contribution in [0.3, 0.4) is 0 Å². The van der Waals surface area contributed by atoms with E-state index in [1.54, 1.807) is 23.3 Å². The van der Waals surface area contributed by atoms with Crippen LogP contribution < -0.4 is 43.6 Å². The summed E-state index contributed by atoms with van der Waals surface area (Å²) in [7, 11) is 0. The molecule has 0 aliphatic carbocycles. The Labute approximate surface area is 413 Å². The molecule has 18 nitrogen and oxygen atoms in total. The molecule has 66 heavy (non-hydrogen) atoms. The Kier molecular flexibility index (Phi) is 33.9. The Balaban J connectivity index is 0.000000577. The third-order valence-electron chi connectivity index (χ3n) is 10.4. The summed E-state index contributed by atoms with van der Waals surface area (Å²) in [5.41, 5.74) is 13.5. The first-order valence-electron chi connectivity index (χ1n) is 24.2. The van der Waals surface area contributed by atoms with Crippen molar-refractivity contribution in [2.24, 2.45) is 20.5 Å². The van der Waals surface area contributed by atoms with E-state index in [4.69, 9.17) is 11.5 Å². The molecule has 4 aromatic heterocycles. The number of aryl methyl sites for hydroxylation is 5. The number of carbonyl (C=O) groups is 2. The van der Waals surface area contributed by atoms with E-state index in [0.29, 0.717) is 48.6 Å². The number of anilines is 2. The number of azo groups is 2. The van der Waals surface area contributed by atoms with Crippen LogP contribution in [-0.2, 0) is 42.3 Å². The van der Waals surface area contributed by atoms with Crippen molar-refractivity contribution in [2.75, 3.05) is 29.9 Å². The van der Waals surface area contributed by atoms with E-state index in [2.05, 4.69) is 105 Å². The Hall–Kier alpha value is -4.46. The Morgan fingerprint density at radius 2 is 1.11 bits per heavy atom. The maximum atomic E-state index is 11.1. The van der Waals surface area contributed by atoms with Crippen LogP contribution in [0.2, 0.25) is 0 Å². The van der Waals surface area contributed by atoms with Gasteiger partial charge >= 0.3 is 5.95 Å². The average molecular weight is 1050 g/mol. The van der Waals surface area contributed by atoms with Crippen molar-refractivity contribution in [1.29, 1.82) is 0 Å². The first-order valence-corrected chi connectivity index (χ1v) is 25.3. The summed E-state index contributed by atoms with van der Waals surface area (Å²) in [5, 5.41) is 32.8. The zero-order valence-electron chi connectivity index (χ0n) is 40.9. The topological polar surface area (TPSA) is 222 Å². The fourth-order valence-electron chi connectivity index (χ4n) is 6.61. The molecule has 6 N–H and O–H groups in total. The zero-order valence-corrected chi connectivity index (χ0v) is 44.1. The van der Waals surface area contributed by atoms with Crippen LogP contribution >= 0.6 is 15.9 Å². The molecule has 20 heteroatoms. The molecule has 4 rings (SSSR count). The number of nitrogens with one attached hydrogen (secondary N) is 2. The summed E-state index contributed by atoms with van der Waals surface area (Å²) in [5.74, 6) is 2.34. The predicted molar refractivity (Wildman–Crippen MR) is 265 cm³/mol. The molecular weight excluding hydrogens is 968 g/mol. The van der Waals surface area contributed by atoms with Gasteiger partial charge < -0.3 is 43.6 Å². The van der Waals surface area contributed by atoms with Gasteiger partial charge in [-0.05, 0) is 38.5 Å². The highest BCUT2D eigenvalue weighted by atomic mass is 79.9. The maximum Gasteiger partial charge on any atom is 0.421 e. The number of hydrogen-bond donors (Lipinski definition) is 4. The second-order valence-electron chi connectivity index (χ2n) is 16.2. The van der Waals surface area contributed by atoms with E-state index in [-0.39, 0.29) is 28.8 Å². The maximum absolute atomic E-state index is 11.1. The lowest BCUT2D eigenvalue weighted by Gasteiger charge is -2.05. The van der Waals surface area contributed by atoms with Gasteiger partial charge in [0.1, 0.15) is 11.5 Å². The van der Waals surface area contributed by atoms with Crippen molar-refractivity contribution in [1.82, 2.24) is 44.3 Å². The minimum absolute atomic E-state index is 0. The lowest BCUT2D eigenvalue weighted by molar-refractivity contribution is -0.683. The molecule has 0 aliphatic heterocycles. The molecule has 4 heterocycles. The lowest BCUT2D eigenvalue weighted by atomic mass is 10.2. The fourth-order valence-corrected chi connectivity index (χ4v) is 7.01. The number of nitrogens with two attached hydrogens (primary N) is 2. The van der Waals surface area contributed by atoms with E-state index < -0.39 is 0 Å². The molecule has 0 aliphatic rings. The predicted octanol–water partition coefficient (Wildman–Crippen LogP) is 7.81. The molecule has 0 radical (unpaired) electrons. The highest BCUT2D eigenvalue weighted by Crippen LogP contribution is 2.25. The number of nitrogens with zero attached hydrogens (tertiary/aromatic N) is 12. The largest absolute Gasteiger partial charge is 1.00 e. The Morgan fingerprint density at radius 3 is 1.62 bits per heavy atom. The number of carbonyl (C=O) groups excluding carboxylic acids is 2. The van der Waals surface area contributed by atoms with E-state index in [0.717, 1.165) is 64.2 Å². The van der Waals surface area contributed by atoms with Crippen LogP contribution in [0.5, 0.6) is 0 Å². The van der Waals surface area contributed by atoms with Gasteiger partial charge in [-0.3, -0.25) is 9.59 Å². The molecule has 0 saturated carbocycles. The van der Waals surface area contributed by atoms with Crippen LogP contribution in [0.1, 0.15) is 157 Å². The summed E-state index contributed by atoms with van der Waals surface area (Å²) in [4.78, 5) is 26.2. The third-order valence-corrected chi connectivity index (χ3v) is 11.0. The SMILES string of the molecule is CCCCCCBr.CCCCCCn1cc[n+](CCCNC(C)=O)c1N=Nc1cnn(CCCCCC)c1N.CCCCCCn1ncc(N=Nc2nccn2CCCNC(C)=O)c1N.[Br-]. The number of rotatable bonds is 31. The van der Waals surface area contributed by atoms with Crippen molar-refractivity contribution in [3.63, 3.8) is 0 Å². The summed E-state index contributed by atoms with van der Waals surface area (Å²) < 4.78 is 9.69. The summed E-state index contributed by atoms with van der Waals surface area (Å²) >= 11 is 3.38. The minimum Gasteiger partial charge on any atom is -1.00 e. The Morgan fingerprint density at radius 1 is 0.621 bits per heavy atom. The van der Waals surface area contributed by atoms with Gasteiger partial charge in [-0.15, -0.1) is 10.2 Å². The van der Waals surface area contributed by atoms with Gasteiger partial charge in [-0.1, -0.05) is 126 Å². The number of alkyl halides is 1. The summed E-state index contributed by atoms with van der Waals surface area (Å²) in [6.45, 7) is 17.1. The molecular formula is C46H82Br2N16O2. The molecule has 2 amide bonds. The minimum atomic E-state index is -0.0299. The van der Waals surface area contributed by atoms with E-state index in [1.165, 1.54) is 103 Å². The van der Waals surface area contributed by atoms with Gasteiger partial charge in [0, 0.05) is 69.4 Å². The van der Waals surface area contributed by atoms with E-state index in [1.807, 2.05) is 21.6 Å². The van der Waals surface area contributed by atoms with E-state index in [9.17, 15) is 9.59 Å². The van der Waals surface area contributed by atoms with Gasteiger partial charge in [-0.25, -0.2) is 23.5 Å². The fraction of sp³-hybridized carbons (Fsp3) is 0.696. The van der Waals surface area contributed by atoms with Crippen LogP contribution in [0.15, 0.2) is 57.6 Å². The van der Waals surface area contributed by atoms with Gasteiger partial charge in [0.25, 0.3) is 0 Å². The van der Waals surface area contributed by atoms with Crippen LogP contribution in [-0.4, -0.2) is 63.9 Å². The lowest BCUT2D eigenvalue weighted by Crippen LogP contribution is -3.00. The number of imidazole rings is 2. The van der Waals surface area contributed by atoms with Crippen LogP contribution in [0.4, 0.5) is 34.9 Å². The van der Waals surface area contributed by atoms with Crippen molar-refractivity contribution in [3.05, 3.63) is 37.2 Å². The number of halogens is 2. The zero-order chi connectivity index (χ0) is 47.5. The van der Waals surface area contributed by atoms with Gasteiger partial charge in [0.05, 0.1) is 37.9 Å². The molecule has 0 fully saturated rings. The third kappa shape index (κ3) is 24.9. The smallest absolute Gasteiger partial charge is 0.421 e. The highest BCUT2D eigenvalue weighted by molar-refractivity contribution is 9.09. The molecule has 0 atom stereocenters. The second kappa shape index (κ2) is 37.6. The first-order chi connectivity index (χ1) is 31.6. The molecule has 0 unspecified atom stereocenters. The normalized spacial score (nSPS) is 11.0. The standard InChI is InChI=1S/C23H40N8O.C17H28N8O.C6H13Br.BrH/c1-4-6-8-10-14-29-17-18-30(15-12-13-25-20(3)32)23(29)28-27-21-19-26-31(22(21)24)16-11-9-7-5-2;1-3-4-5-6-11-25-16(18)15(13-21-25)22-23-17-20-9-12-24(17)10-7-8-19-14(2)26;1-2-3-4-5-6-7;/h17-19,24H,4-16H2,1-3H3,(H,25,32);9,12-13H,3-8,10-11,18H2,1-2H3,(H,19,26);2-6H2,1H3;1H. The molecule has 4 aromatic rings. The van der Waals surface area contributed by atoms with Crippen molar-refractivity contribution in [2.45, 2.75) is 190 Å². The number of unbranched alkanes of at least 4 members (excludes halogenated alkanes) is 12. The molecule has 0 aromatic carbocycles. The number of aromatic nitrogens is 8. The van der Waals surface area contributed by atoms with Gasteiger partial charge in [-0.2, -0.15) is 10.2 Å². The molecule has 0 saturated heterocycles. The van der Waals surface area contributed by atoms with Gasteiger partial charge in [0.2, 0.25) is 17.8 Å². The molecule has 372 valence electrons.